The highest BCUT2D eigenvalue weighted by molar-refractivity contribution is 7.99. The molecule has 148 valence electrons. The van der Waals surface area contributed by atoms with Crippen LogP contribution in [0.15, 0.2) is 35.7 Å². The largest absolute Gasteiger partial charge is 0.370 e. The maximum Gasteiger partial charge on any atom is 0.209 e. The van der Waals surface area contributed by atoms with Crippen molar-refractivity contribution in [3.8, 4) is 0 Å². The van der Waals surface area contributed by atoms with Crippen molar-refractivity contribution >= 4 is 56.3 Å². The van der Waals surface area contributed by atoms with Crippen LogP contribution >= 0.6 is 34.7 Å². The van der Waals surface area contributed by atoms with Gasteiger partial charge in [-0.25, -0.2) is 14.5 Å². The Morgan fingerprint density at radius 1 is 1.34 bits per heavy atom. The summed E-state index contributed by atoms with van der Waals surface area (Å²) in [7, 11) is 0. The summed E-state index contributed by atoms with van der Waals surface area (Å²) in [6.45, 7) is 4.79. The summed E-state index contributed by atoms with van der Waals surface area (Å²) in [5.41, 5.74) is 2.45. The summed E-state index contributed by atoms with van der Waals surface area (Å²) in [5.74, 6) is 0.276. The number of thiophene rings is 1. The highest BCUT2D eigenvalue weighted by Crippen LogP contribution is 2.39. The lowest BCUT2D eigenvalue weighted by Gasteiger charge is -2.30. The van der Waals surface area contributed by atoms with E-state index in [-0.39, 0.29) is 17.1 Å². The van der Waals surface area contributed by atoms with Crippen LogP contribution in [-0.4, -0.2) is 36.7 Å². The topological polar surface area (TPSA) is 69.4 Å². The van der Waals surface area contributed by atoms with Crippen molar-refractivity contribution in [1.29, 1.82) is 0 Å². The van der Waals surface area contributed by atoms with Gasteiger partial charge in [0.2, 0.25) is 5.16 Å². The Balaban J connectivity index is 1.46. The molecule has 4 aromatic rings. The average Bonchev–Trinajstić information content (AvgIpc) is 3.26. The molecular formula is C20H17ClN4O2S2. The number of carbonyl (C=O) groups is 1. The minimum atomic E-state index is -0.212. The lowest BCUT2D eigenvalue weighted by molar-refractivity contribution is -0.0379. The van der Waals surface area contributed by atoms with Gasteiger partial charge in [-0.15, -0.1) is 16.4 Å². The van der Waals surface area contributed by atoms with Crippen molar-refractivity contribution < 1.29 is 9.53 Å². The molecule has 29 heavy (non-hydrogen) atoms. The second-order valence-corrected chi connectivity index (χ2v) is 10.00. The first-order valence-electron chi connectivity index (χ1n) is 9.11. The molecule has 4 heterocycles. The quantitative estimate of drug-likeness (QED) is 0.332. The predicted octanol–water partition coefficient (Wildman–Crippen LogP) is 4.82. The van der Waals surface area contributed by atoms with E-state index in [0.29, 0.717) is 22.3 Å². The molecule has 0 saturated carbocycles. The summed E-state index contributed by atoms with van der Waals surface area (Å²) in [6, 6.07) is 6.90. The van der Waals surface area contributed by atoms with Gasteiger partial charge in [0.15, 0.2) is 11.4 Å². The SMILES string of the molecule is CC1(C)Cc2c(sc3ncn4nc(SCC(=O)c5ccc(Cl)cc5)nc4c23)CO1. The molecule has 3 aromatic heterocycles. The van der Waals surface area contributed by atoms with Crippen LogP contribution in [0, 0.1) is 0 Å². The summed E-state index contributed by atoms with van der Waals surface area (Å²) in [6.07, 6.45) is 2.50. The van der Waals surface area contributed by atoms with Crippen LogP contribution in [0.2, 0.25) is 5.02 Å². The number of carbonyl (C=O) groups excluding carboxylic acids is 1. The molecule has 6 nitrogen and oxygen atoms in total. The molecule has 5 rings (SSSR count). The predicted molar refractivity (Wildman–Crippen MR) is 115 cm³/mol. The van der Waals surface area contributed by atoms with E-state index in [0.717, 1.165) is 22.3 Å². The Labute approximate surface area is 180 Å². The highest BCUT2D eigenvalue weighted by Gasteiger charge is 2.30. The fourth-order valence-electron chi connectivity index (χ4n) is 3.43. The minimum Gasteiger partial charge on any atom is -0.370 e. The lowest BCUT2D eigenvalue weighted by Crippen LogP contribution is -2.31. The Morgan fingerprint density at radius 2 is 2.14 bits per heavy atom. The third kappa shape index (κ3) is 3.54. The van der Waals surface area contributed by atoms with Crippen LogP contribution in [0.25, 0.3) is 15.9 Å². The van der Waals surface area contributed by atoms with Crippen LogP contribution in [0.3, 0.4) is 0 Å². The molecule has 0 amide bonds. The summed E-state index contributed by atoms with van der Waals surface area (Å²) in [4.78, 5) is 23.9. The number of hydrogen-bond acceptors (Lipinski definition) is 7. The number of benzene rings is 1. The first-order valence-corrected chi connectivity index (χ1v) is 11.3. The summed E-state index contributed by atoms with van der Waals surface area (Å²) >= 11 is 8.87. The molecule has 0 aliphatic carbocycles. The van der Waals surface area contributed by atoms with Crippen LogP contribution < -0.4 is 0 Å². The average molecular weight is 445 g/mol. The number of rotatable bonds is 4. The molecule has 0 unspecified atom stereocenters. The van der Waals surface area contributed by atoms with Gasteiger partial charge in [0, 0.05) is 21.9 Å². The van der Waals surface area contributed by atoms with Crippen molar-refractivity contribution in [3.63, 3.8) is 0 Å². The molecule has 0 radical (unpaired) electrons. The molecule has 0 atom stereocenters. The van der Waals surface area contributed by atoms with Crippen molar-refractivity contribution in [2.45, 2.75) is 37.6 Å². The highest BCUT2D eigenvalue weighted by atomic mass is 35.5. The number of ketones is 1. The van der Waals surface area contributed by atoms with Gasteiger partial charge in [-0.3, -0.25) is 4.79 Å². The number of thioether (sulfide) groups is 1. The van der Waals surface area contributed by atoms with Gasteiger partial charge >= 0.3 is 0 Å². The van der Waals surface area contributed by atoms with E-state index in [4.69, 9.17) is 21.3 Å². The number of aromatic nitrogens is 4. The standard InChI is InChI=1S/C20H17ClN4O2S2/c1-20(2)7-13-15(8-27-20)29-18-16(13)17-23-19(24-25(17)10-22-18)28-9-14(26)11-3-5-12(21)6-4-11/h3-6,10H,7-9H2,1-2H3. The van der Waals surface area contributed by atoms with E-state index in [1.807, 2.05) is 0 Å². The number of ether oxygens (including phenoxy) is 1. The van der Waals surface area contributed by atoms with Crippen molar-refractivity contribution in [1.82, 2.24) is 19.6 Å². The number of hydrogen-bond donors (Lipinski definition) is 0. The maximum atomic E-state index is 12.4. The molecule has 1 aliphatic rings. The molecule has 0 N–H and O–H groups in total. The monoisotopic (exact) mass is 444 g/mol. The van der Waals surface area contributed by atoms with Crippen molar-refractivity contribution in [2.24, 2.45) is 0 Å². The molecule has 1 aliphatic heterocycles. The van der Waals surface area contributed by atoms with Gasteiger partial charge < -0.3 is 4.74 Å². The lowest BCUT2D eigenvalue weighted by atomic mass is 9.94. The Morgan fingerprint density at radius 3 is 2.93 bits per heavy atom. The summed E-state index contributed by atoms with van der Waals surface area (Å²) in [5, 5.41) is 6.74. The Kier molecular flexibility index (Phi) is 4.62. The summed E-state index contributed by atoms with van der Waals surface area (Å²) < 4.78 is 7.64. The minimum absolute atomic E-state index is 0.0144. The van der Waals surface area contributed by atoms with Gasteiger partial charge in [0.25, 0.3) is 0 Å². The molecule has 0 saturated heterocycles. The Hall–Kier alpha value is -2.00. The van der Waals surface area contributed by atoms with E-state index in [1.54, 1.807) is 46.4 Å². The van der Waals surface area contributed by atoms with Crippen LogP contribution in [0.1, 0.15) is 34.6 Å². The second kappa shape index (κ2) is 7.05. The van der Waals surface area contributed by atoms with Gasteiger partial charge in [0.1, 0.15) is 11.2 Å². The Bertz CT molecular complexity index is 1250. The van der Waals surface area contributed by atoms with Gasteiger partial charge in [-0.1, -0.05) is 23.4 Å². The zero-order valence-electron chi connectivity index (χ0n) is 15.8. The van der Waals surface area contributed by atoms with E-state index < -0.39 is 0 Å². The fourth-order valence-corrected chi connectivity index (χ4v) is 5.35. The third-order valence-electron chi connectivity index (χ3n) is 4.89. The van der Waals surface area contributed by atoms with Crippen LogP contribution in [-0.2, 0) is 17.8 Å². The molecular weight excluding hydrogens is 428 g/mol. The van der Waals surface area contributed by atoms with Gasteiger partial charge in [-0.2, -0.15) is 0 Å². The first-order chi connectivity index (χ1) is 13.9. The molecule has 0 fully saturated rings. The zero-order valence-corrected chi connectivity index (χ0v) is 18.2. The van der Waals surface area contributed by atoms with E-state index in [2.05, 4.69) is 23.9 Å². The van der Waals surface area contributed by atoms with Gasteiger partial charge in [-0.05, 0) is 43.7 Å². The third-order valence-corrected chi connectivity index (χ3v) is 7.09. The van der Waals surface area contributed by atoms with E-state index >= 15 is 0 Å². The second-order valence-electron chi connectivity index (χ2n) is 7.53. The van der Waals surface area contributed by atoms with E-state index in [1.165, 1.54) is 22.2 Å². The zero-order chi connectivity index (χ0) is 20.2. The number of fused-ring (bicyclic) bond motifs is 5. The van der Waals surface area contributed by atoms with Crippen molar-refractivity contribution in [2.75, 3.05) is 5.75 Å². The maximum absolute atomic E-state index is 12.4. The van der Waals surface area contributed by atoms with Crippen LogP contribution in [0.4, 0.5) is 0 Å². The van der Waals surface area contributed by atoms with Crippen LogP contribution in [0.5, 0.6) is 0 Å². The number of halogens is 1. The first kappa shape index (κ1) is 19.0. The molecule has 0 spiro atoms. The van der Waals surface area contributed by atoms with E-state index in [9.17, 15) is 4.79 Å². The number of nitrogens with zero attached hydrogens (tertiary/aromatic N) is 4. The fraction of sp³-hybridized carbons (Fsp3) is 0.300. The van der Waals surface area contributed by atoms with Gasteiger partial charge in [0.05, 0.1) is 23.3 Å². The molecule has 0 bridgehead atoms. The molecule has 1 aromatic carbocycles. The normalized spacial score (nSPS) is 15.7. The smallest absolute Gasteiger partial charge is 0.209 e. The molecule has 9 heteroatoms. The number of Topliss-reactive ketones (excluding diaryl/α,β-unsaturated/α-hetero) is 1. The van der Waals surface area contributed by atoms with Crippen molar-refractivity contribution in [3.05, 3.63) is 51.6 Å².